The molecule has 0 aliphatic heterocycles. The minimum Gasteiger partial charge on any atom is -0.349 e. The summed E-state index contributed by atoms with van der Waals surface area (Å²) in [7, 11) is 0. The van der Waals surface area contributed by atoms with Crippen molar-refractivity contribution >= 4 is 49.4 Å². The monoisotopic (exact) mass is 429 g/mol. The molecule has 0 saturated carbocycles. The Morgan fingerprint density at radius 1 is 1.24 bits per heavy atom. The number of amides is 1. The van der Waals surface area contributed by atoms with Gasteiger partial charge in [0.2, 0.25) is 0 Å². The Labute approximate surface area is 146 Å². The molecular formula is C16H14Br2ClNO. The van der Waals surface area contributed by atoms with Crippen LogP contribution in [0.5, 0.6) is 0 Å². The first-order chi connectivity index (χ1) is 9.97. The Hall–Kier alpha value is -0.840. The van der Waals surface area contributed by atoms with E-state index in [2.05, 4.69) is 37.2 Å². The molecule has 0 heterocycles. The Bertz CT molecular complexity index is 660. The minimum absolute atomic E-state index is 0.0109. The van der Waals surface area contributed by atoms with E-state index in [1.807, 2.05) is 43.3 Å². The van der Waals surface area contributed by atoms with Crippen LogP contribution in [0, 0.1) is 0 Å². The van der Waals surface area contributed by atoms with Crippen molar-refractivity contribution in [1.29, 1.82) is 0 Å². The van der Waals surface area contributed by atoms with Crippen molar-refractivity contribution in [3.63, 3.8) is 0 Å². The van der Waals surface area contributed by atoms with Crippen LogP contribution >= 0.6 is 43.5 Å². The van der Waals surface area contributed by atoms with Crippen molar-refractivity contribution in [2.45, 2.75) is 19.4 Å². The Morgan fingerprint density at radius 3 is 2.67 bits per heavy atom. The molecule has 2 nitrogen and oxygen atoms in total. The first-order valence-corrected chi connectivity index (χ1v) is 8.43. The van der Waals surface area contributed by atoms with Crippen LogP contribution < -0.4 is 5.32 Å². The van der Waals surface area contributed by atoms with Crippen LogP contribution in [-0.4, -0.2) is 11.9 Å². The number of carbonyl (C=O) groups excluding carboxylic acids is 1. The molecule has 2 aromatic carbocycles. The maximum atomic E-state index is 12.3. The highest BCUT2D eigenvalue weighted by Gasteiger charge is 2.14. The van der Waals surface area contributed by atoms with E-state index in [0.29, 0.717) is 12.0 Å². The molecular weight excluding hydrogens is 417 g/mol. The van der Waals surface area contributed by atoms with Crippen LogP contribution in [0.15, 0.2) is 51.4 Å². The van der Waals surface area contributed by atoms with Crippen LogP contribution in [-0.2, 0) is 6.42 Å². The van der Waals surface area contributed by atoms with Gasteiger partial charge in [-0.15, -0.1) is 0 Å². The highest BCUT2D eigenvalue weighted by molar-refractivity contribution is 9.11. The summed E-state index contributed by atoms with van der Waals surface area (Å²) in [6, 6.07) is 13.2. The molecule has 0 aromatic heterocycles. The molecule has 2 aromatic rings. The number of hydrogen-bond acceptors (Lipinski definition) is 1. The molecule has 0 spiro atoms. The zero-order valence-corrected chi connectivity index (χ0v) is 15.3. The van der Waals surface area contributed by atoms with Gasteiger partial charge in [-0.3, -0.25) is 4.79 Å². The van der Waals surface area contributed by atoms with Crippen molar-refractivity contribution in [3.05, 3.63) is 67.6 Å². The second-order valence-electron chi connectivity index (χ2n) is 4.79. The zero-order valence-electron chi connectivity index (χ0n) is 11.4. The van der Waals surface area contributed by atoms with Crippen molar-refractivity contribution in [1.82, 2.24) is 5.32 Å². The first-order valence-electron chi connectivity index (χ1n) is 6.46. The lowest BCUT2D eigenvalue weighted by molar-refractivity contribution is 0.0939. The summed E-state index contributed by atoms with van der Waals surface area (Å²) >= 11 is 12.9. The van der Waals surface area contributed by atoms with Gasteiger partial charge in [0.05, 0.1) is 5.56 Å². The van der Waals surface area contributed by atoms with Gasteiger partial charge in [-0.1, -0.05) is 45.7 Å². The van der Waals surface area contributed by atoms with Gasteiger partial charge >= 0.3 is 0 Å². The SMILES string of the molecule is CC(Cc1ccccc1Cl)NC(=O)c1cc(Br)ccc1Br. The Balaban J connectivity index is 2.06. The quantitative estimate of drug-likeness (QED) is 0.706. The maximum absolute atomic E-state index is 12.3. The summed E-state index contributed by atoms with van der Waals surface area (Å²) in [6.45, 7) is 1.97. The van der Waals surface area contributed by atoms with Crippen molar-refractivity contribution in [2.24, 2.45) is 0 Å². The second kappa shape index (κ2) is 7.43. The predicted octanol–water partition coefficient (Wildman–Crippen LogP) is 5.23. The fraction of sp³-hybridized carbons (Fsp3) is 0.188. The lowest BCUT2D eigenvalue weighted by Crippen LogP contribution is -2.34. The number of rotatable bonds is 4. The highest BCUT2D eigenvalue weighted by Crippen LogP contribution is 2.22. The third-order valence-corrected chi connectivity index (χ3v) is 4.59. The largest absolute Gasteiger partial charge is 0.349 e. The molecule has 0 aliphatic rings. The fourth-order valence-electron chi connectivity index (χ4n) is 2.02. The summed E-state index contributed by atoms with van der Waals surface area (Å²) in [5, 5.41) is 3.72. The normalized spacial score (nSPS) is 12.0. The Kier molecular flexibility index (Phi) is 5.85. The molecule has 1 amide bonds. The molecule has 1 unspecified atom stereocenters. The van der Waals surface area contributed by atoms with Crippen LogP contribution in [0.4, 0.5) is 0 Å². The van der Waals surface area contributed by atoms with E-state index in [0.717, 1.165) is 19.5 Å². The smallest absolute Gasteiger partial charge is 0.252 e. The summed E-state index contributed by atoms with van der Waals surface area (Å²) in [5.74, 6) is -0.109. The third kappa shape index (κ3) is 4.56. The number of halogens is 3. The van der Waals surface area contributed by atoms with Gasteiger partial charge < -0.3 is 5.32 Å². The van der Waals surface area contributed by atoms with Crippen LogP contribution in [0.1, 0.15) is 22.8 Å². The van der Waals surface area contributed by atoms with Crippen molar-refractivity contribution < 1.29 is 4.79 Å². The molecule has 0 radical (unpaired) electrons. The summed E-state index contributed by atoms with van der Waals surface area (Å²) < 4.78 is 1.64. The van der Waals surface area contributed by atoms with E-state index in [9.17, 15) is 4.79 Å². The minimum atomic E-state index is -0.109. The topological polar surface area (TPSA) is 29.1 Å². The van der Waals surface area contributed by atoms with Crippen molar-refractivity contribution in [2.75, 3.05) is 0 Å². The molecule has 2 rings (SSSR count). The molecule has 1 N–H and O–H groups in total. The fourth-order valence-corrected chi connectivity index (χ4v) is 3.02. The first kappa shape index (κ1) is 16.5. The van der Waals surface area contributed by atoms with Gasteiger partial charge in [-0.05, 0) is 59.1 Å². The lowest BCUT2D eigenvalue weighted by Gasteiger charge is -2.15. The van der Waals surface area contributed by atoms with Gasteiger partial charge in [-0.2, -0.15) is 0 Å². The Morgan fingerprint density at radius 2 is 1.95 bits per heavy atom. The molecule has 1 atom stereocenters. The van der Waals surface area contributed by atoms with E-state index >= 15 is 0 Å². The number of nitrogens with one attached hydrogen (secondary N) is 1. The van der Waals surface area contributed by atoms with Gasteiger partial charge in [0, 0.05) is 20.0 Å². The van der Waals surface area contributed by atoms with Crippen LogP contribution in [0.2, 0.25) is 5.02 Å². The average molecular weight is 432 g/mol. The van der Waals surface area contributed by atoms with Gasteiger partial charge in [0.25, 0.3) is 5.91 Å². The van der Waals surface area contributed by atoms with E-state index in [1.165, 1.54) is 0 Å². The highest BCUT2D eigenvalue weighted by atomic mass is 79.9. The lowest BCUT2D eigenvalue weighted by atomic mass is 10.1. The molecule has 0 bridgehead atoms. The zero-order chi connectivity index (χ0) is 15.4. The number of benzene rings is 2. The molecule has 0 aliphatic carbocycles. The molecule has 0 saturated heterocycles. The predicted molar refractivity (Wildman–Crippen MR) is 93.9 cm³/mol. The van der Waals surface area contributed by atoms with Crippen LogP contribution in [0.3, 0.4) is 0 Å². The average Bonchev–Trinajstić information content (AvgIpc) is 2.44. The summed E-state index contributed by atoms with van der Waals surface area (Å²) in [4.78, 5) is 12.3. The van der Waals surface area contributed by atoms with Gasteiger partial charge in [0.15, 0.2) is 0 Å². The van der Waals surface area contributed by atoms with Gasteiger partial charge in [-0.25, -0.2) is 0 Å². The standard InChI is InChI=1S/C16H14Br2ClNO/c1-10(8-11-4-2-3-5-15(11)19)20-16(21)13-9-12(17)6-7-14(13)18/h2-7,9-10H,8H2,1H3,(H,20,21). The summed E-state index contributed by atoms with van der Waals surface area (Å²) in [5.41, 5.74) is 1.63. The van der Waals surface area contributed by atoms with E-state index in [1.54, 1.807) is 6.07 Å². The van der Waals surface area contributed by atoms with Crippen molar-refractivity contribution in [3.8, 4) is 0 Å². The van der Waals surface area contributed by atoms with E-state index in [4.69, 9.17) is 11.6 Å². The second-order valence-corrected chi connectivity index (χ2v) is 6.97. The number of carbonyl (C=O) groups is 1. The van der Waals surface area contributed by atoms with Crippen LogP contribution in [0.25, 0.3) is 0 Å². The van der Waals surface area contributed by atoms with E-state index in [-0.39, 0.29) is 11.9 Å². The molecule has 5 heteroatoms. The maximum Gasteiger partial charge on any atom is 0.252 e. The summed E-state index contributed by atoms with van der Waals surface area (Å²) in [6.07, 6.45) is 0.692. The molecule has 21 heavy (non-hydrogen) atoms. The molecule has 0 fully saturated rings. The molecule has 110 valence electrons. The third-order valence-electron chi connectivity index (χ3n) is 3.03. The van der Waals surface area contributed by atoms with Gasteiger partial charge in [0.1, 0.15) is 0 Å². The van der Waals surface area contributed by atoms with E-state index < -0.39 is 0 Å². The number of hydrogen-bond donors (Lipinski definition) is 1.